The second kappa shape index (κ2) is 8.04. The Bertz CT molecular complexity index is 1440. The highest BCUT2D eigenvalue weighted by Gasteiger charge is 2.50. The number of halogens is 1. The first-order valence-corrected chi connectivity index (χ1v) is 12.0. The Balaban J connectivity index is 1.57. The molecule has 3 aromatic rings. The Labute approximate surface area is 206 Å². The van der Waals surface area contributed by atoms with E-state index >= 15 is 0 Å². The smallest absolute Gasteiger partial charge is 0.239 e. The Morgan fingerprint density at radius 1 is 1.14 bits per heavy atom. The molecule has 1 saturated heterocycles. The number of carbonyl (C=O) groups excluding carboxylic acids is 1. The van der Waals surface area contributed by atoms with Crippen molar-refractivity contribution in [2.24, 2.45) is 0 Å². The first-order chi connectivity index (χ1) is 16.7. The van der Waals surface area contributed by atoms with E-state index in [9.17, 15) is 19.7 Å². The first kappa shape index (κ1) is 22.8. The molecule has 1 aliphatic carbocycles. The Morgan fingerprint density at radius 3 is 2.49 bits per heavy atom. The normalized spacial score (nSPS) is 22.8. The van der Waals surface area contributed by atoms with Crippen LogP contribution in [0, 0.1) is 33.9 Å². The van der Waals surface area contributed by atoms with E-state index in [-0.39, 0.29) is 17.4 Å². The van der Waals surface area contributed by atoms with Crippen molar-refractivity contribution >= 4 is 23.2 Å². The summed E-state index contributed by atoms with van der Waals surface area (Å²) in [6.07, 6.45) is 1.69. The van der Waals surface area contributed by atoms with Crippen molar-refractivity contribution in [3.05, 3.63) is 81.3 Å². The monoisotopic (exact) mass is 483 g/mol. The van der Waals surface area contributed by atoms with Gasteiger partial charge in [-0.2, -0.15) is 10.5 Å². The predicted molar refractivity (Wildman–Crippen MR) is 131 cm³/mol. The Morgan fingerprint density at radius 2 is 1.86 bits per heavy atom. The van der Waals surface area contributed by atoms with Gasteiger partial charge in [0.1, 0.15) is 5.82 Å². The topological polar surface area (TPSA) is 104 Å². The van der Waals surface area contributed by atoms with Gasteiger partial charge < -0.3 is 5.32 Å². The number of thiophene rings is 1. The number of amides is 1. The summed E-state index contributed by atoms with van der Waals surface area (Å²) < 4.78 is 14.1. The number of hydrogen-bond donors (Lipinski definition) is 2. The molecule has 2 N–H and O–H groups in total. The van der Waals surface area contributed by atoms with Crippen molar-refractivity contribution in [3.8, 4) is 23.3 Å². The maximum Gasteiger partial charge on any atom is 0.239 e. The molecule has 1 aromatic heterocycles. The highest BCUT2D eigenvalue weighted by atomic mass is 32.1. The van der Waals surface area contributed by atoms with Gasteiger partial charge in [-0.3, -0.25) is 15.1 Å². The molecule has 0 radical (unpaired) electrons. The van der Waals surface area contributed by atoms with Crippen LogP contribution in [0.5, 0.6) is 0 Å². The van der Waals surface area contributed by atoms with E-state index in [0.717, 1.165) is 34.4 Å². The zero-order valence-electron chi connectivity index (χ0n) is 19.2. The summed E-state index contributed by atoms with van der Waals surface area (Å²) in [7, 11) is 1.57. The summed E-state index contributed by atoms with van der Waals surface area (Å²) >= 11 is 1.42. The SMILES string of the molecule is CN1C(=N)N[C@](C)(c2cc(-c3cc(F)cc(C#N)c3)cs2)C(c2ccc(C3(C#N)CC3)cc2)C1=O. The zero-order valence-corrected chi connectivity index (χ0v) is 20.0. The van der Waals surface area contributed by atoms with Crippen LogP contribution in [0.15, 0.2) is 53.9 Å². The Kier molecular flexibility index (Phi) is 5.23. The number of guanidine groups is 1. The molecule has 1 unspecified atom stereocenters. The lowest BCUT2D eigenvalue weighted by molar-refractivity contribution is -0.131. The molecule has 2 fully saturated rings. The summed E-state index contributed by atoms with van der Waals surface area (Å²) in [6.45, 7) is 1.89. The standard InChI is InChI=1S/C27H22FN5OS/c1-26(22-12-19(14-35-22)18-9-16(13-29)10-21(28)11-18)23(24(34)33(2)25(31)32-26)17-3-5-20(6-4-17)27(15-30)7-8-27/h3-6,9-12,14,23H,7-8H2,1-2H3,(H2,31,32)/t23?,26-/m1/s1. The molecule has 2 aromatic carbocycles. The van der Waals surface area contributed by atoms with E-state index < -0.39 is 22.7 Å². The predicted octanol–water partition coefficient (Wildman–Crippen LogP) is 4.98. The van der Waals surface area contributed by atoms with E-state index in [1.54, 1.807) is 13.1 Å². The van der Waals surface area contributed by atoms with Gasteiger partial charge in [-0.05, 0) is 71.7 Å². The second-order valence-corrected chi connectivity index (χ2v) is 10.3. The molecule has 5 rings (SSSR count). The lowest BCUT2D eigenvalue weighted by Crippen LogP contribution is -2.62. The van der Waals surface area contributed by atoms with Crippen LogP contribution < -0.4 is 5.32 Å². The van der Waals surface area contributed by atoms with Gasteiger partial charge >= 0.3 is 0 Å². The van der Waals surface area contributed by atoms with E-state index in [2.05, 4.69) is 11.4 Å². The lowest BCUT2D eigenvalue weighted by atomic mass is 9.76. The largest absolute Gasteiger partial charge is 0.345 e. The molecule has 0 spiro atoms. The van der Waals surface area contributed by atoms with Crippen molar-refractivity contribution in [2.45, 2.75) is 36.6 Å². The van der Waals surface area contributed by atoms with E-state index in [0.29, 0.717) is 5.56 Å². The maximum absolute atomic E-state index is 14.1. The minimum Gasteiger partial charge on any atom is -0.345 e. The van der Waals surface area contributed by atoms with Crippen LogP contribution in [0.4, 0.5) is 4.39 Å². The molecule has 1 saturated carbocycles. The van der Waals surface area contributed by atoms with Crippen molar-refractivity contribution < 1.29 is 9.18 Å². The third-order valence-corrected chi connectivity index (χ3v) is 8.27. The molecule has 6 nitrogen and oxygen atoms in total. The molecule has 2 atom stereocenters. The number of nitrogens with zero attached hydrogens (tertiary/aromatic N) is 3. The van der Waals surface area contributed by atoms with E-state index in [4.69, 9.17) is 5.41 Å². The number of benzene rings is 2. The van der Waals surface area contributed by atoms with Gasteiger partial charge in [0.15, 0.2) is 5.96 Å². The van der Waals surface area contributed by atoms with Gasteiger partial charge in [0.05, 0.1) is 34.6 Å². The number of nitrogens with one attached hydrogen (secondary N) is 2. The summed E-state index contributed by atoms with van der Waals surface area (Å²) in [5.74, 6) is -1.32. The average molecular weight is 484 g/mol. The van der Waals surface area contributed by atoms with Crippen LogP contribution in [0.25, 0.3) is 11.1 Å². The molecule has 2 aliphatic rings. The summed E-state index contributed by atoms with van der Waals surface area (Å²) in [5.41, 5.74) is 1.95. The fraction of sp³-hybridized carbons (Fsp3) is 0.259. The molecule has 2 heterocycles. The summed E-state index contributed by atoms with van der Waals surface area (Å²) in [5, 5.41) is 32.2. The zero-order chi connectivity index (χ0) is 25.0. The van der Waals surface area contributed by atoms with Crippen LogP contribution in [0.3, 0.4) is 0 Å². The van der Waals surface area contributed by atoms with Crippen LogP contribution in [0.1, 0.15) is 47.3 Å². The van der Waals surface area contributed by atoms with Crippen molar-refractivity contribution in [1.82, 2.24) is 10.2 Å². The van der Waals surface area contributed by atoms with Crippen LogP contribution in [-0.4, -0.2) is 23.8 Å². The van der Waals surface area contributed by atoms with Gasteiger partial charge in [-0.25, -0.2) is 4.39 Å². The minimum absolute atomic E-state index is 0.000689. The number of hydrogen-bond acceptors (Lipinski definition) is 5. The third kappa shape index (κ3) is 3.67. The van der Waals surface area contributed by atoms with Crippen LogP contribution in [0.2, 0.25) is 0 Å². The lowest BCUT2D eigenvalue weighted by Gasteiger charge is -2.45. The number of rotatable bonds is 4. The molecular weight excluding hydrogens is 461 g/mol. The van der Waals surface area contributed by atoms with Gasteiger partial charge in [-0.15, -0.1) is 11.3 Å². The Hall–Kier alpha value is -4.01. The average Bonchev–Trinajstić information content (AvgIpc) is 3.49. The summed E-state index contributed by atoms with van der Waals surface area (Å²) in [4.78, 5) is 15.6. The highest BCUT2D eigenvalue weighted by Crippen LogP contribution is 2.49. The number of likely N-dealkylation sites (N-methyl/N-ethyl adjacent to an activating group) is 1. The third-order valence-electron chi connectivity index (χ3n) is 7.10. The fourth-order valence-corrected chi connectivity index (χ4v) is 5.86. The van der Waals surface area contributed by atoms with Gasteiger partial charge in [0.2, 0.25) is 5.91 Å². The fourth-order valence-electron chi connectivity index (χ4n) is 4.80. The molecule has 174 valence electrons. The molecular formula is C27H22FN5OS. The van der Waals surface area contributed by atoms with Gasteiger partial charge in [0, 0.05) is 11.9 Å². The van der Waals surface area contributed by atoms with Crippen molar-refractivity contribution in [3.63, 3.8) is 0 Å². The number of carbonyl (C=O) groups is 1. The first-order valence-electron chi connectivity index (χ1n) is 11.2. The molecule has 1 aliphatic heterocycles. The molecule has 8 heteroatoms. The maximum atomic E-state index is 14.1. The summed E-state index contributed by atoms with van der Waals surface area (Å²) in [6, 6.07) is 18.1. The van der Waals surface area contributed by atoms with Crippen LogP contribution >= 0.6 is 11.3 Å². The minimum atomic E-state index is -0.928. The highest BCUT2D eigenvalue weighted by molar-refractivity contribution is 7.10. The van der Waals surface area contributed by atoms with Crippen molar-refractivity contribution in [2.75, 3.05) is 7.05 Å². The van der Waals surface area contributed by atoms with E-state index in [1.807, 2.05) is 48.7 Å². The number of nitriles is 2. The molecule has 0 bridgehead atoms. The molecule has 1 amide bonds. The van der Waals surface area contributed by atoms with Gasteiger partial charge in [0.25, 0.3) is 0 Å². The van der Waals surface area contributed by atoms with Crippen molar-refractivity contribution in [1.29, 1.82) is 15.9 Å². The second-order valence-electron chi connectivity index (χ2n) is 9.36. The van der Waals surface area contributed by atoms with E-state index in [1.165, 1.54) is 28.4 Å². The van der Waals surface area contributed by atoms with Gasteiger partial charge in [-0.1, -0.05) is 24.3 Å². The van der Waals surface area contributed by atoms with Crippen LogP contribution in [-0.2, 0) is 15.7 Å². The molecule has 35 heavy (non-hydrogen) atoms. The quantitative estimate of drug-likeness (QED) is 0.546.